The molecule has 0 saturated heterocycles. The smallest absolute Gasteiger partial charge is 0.256 e. The molecule has 0 unspecified atom stereocenters. The second-order valence-corrected chi connectivity index (χ2v) is 6.94. The number of amides is 1. The zero-order chi connectivity index (χ0) is 18.8. The van der Waals surface area contributed by atoms with Crippen molar-refractivity contribution >= 4 is 11.6 Å². The van der Waals surface area contributed by atoms with E-state index in [0.717, 1.165) is 29.8 Å². The predicted molar refractivity (Wildman–Crippen MR) is 104 cm³/mol. The highest BCUT2D eigenvalue weighted by Gasteiger charge is 2.19. The van der Waals surface area contributed by atoms with Crippen molar-refractivity contribution in [3.05, 3.63) is 64.1 Å². The first-order valence-corrected chi connectivity index (χ1v) is 9.11. The molecule has 1 aromatic carbocycles. The molecule has 2 aromatic heterocycles. The van der Waals surface area contributed by atoms with Crippen molar-refractivity contribution in [2.75, 3.05) is 0 Å². The van der Waals surface area contributed by atoms with Crippen LogP contribution in [-0.2, 0) is 6.42 Å². The van der Waals surface area contributed by atoms with E-state index in [-0.39, 0.29) is 11.9 Å². The maximum absolute atomic E-state index is 12.5. The second kappa shape index (κ2) is 7.28. The number of fused-ring (bicyclic) bond motifs is 1. The summed E-state index contributed by atoms with van der Waals surface area (Å²) in [5, 5.41) is 7.42. The standard InChI is InChI=1S/C21H26N4O/c1-6-14(3)23-21(26)19-12-22-25-16(5)18(15(4)24-20(19)25)11-17-10-8-7-9-13(17)2/h7-10,12,14H,6,11H2,1-5H3,(H,23,26)/t14-/m1/s1. The molecule has 0 radical (unpaired) electrons. The molecule has 136 valence electrons. The molecule has 0 bridgehead atoms. The molecule has 5 nitrogen and oxygen atoms in total. The Kier molecular flexibility index (Phi) is 5.07. The summed E-state index contributed by atoms with van der Waals surface area (Å²) < 4.78 is 1.78. The average molecular weight is 350 g/mol. The Labute approximate surface area is 154 Å². The monoisotopic (exact) mass is 350 g/mol. The molecule has 1 atom stereocenters. The van der Waals surface area contributed by atoms with Crippen LogP contribution in [0.15, 0.2) is 30.5 Å². The van der Waals surface area contributed by atoms with E-state index in [1.165, 1.54) is 11.1 Å². The van der Waals surface area contributed by atoms with Gasteiger partial charge >= 0.3 is 0 Å². The van der Waals surface area contributed by atoms with Gasteiger partial charge in [-0.3, -0.25) is 4.79 Å². The number of rotatable bonds is 5. The number of benzene rings is 1. The van der Waals surface area contributed by atoms with Gasteiger partial charge in [-0.05, 0) is 50.8 Å². The maximum atomic E-state index is 12.5. The van der Waals surface area contributed by atoms with Gasteiger partial charge in [0.15, 0.2) is 5.65 Å². The first-order chi connectivity index (χ1) is 12.4. The predicted octanol–water partition coefficient (Wildman–Crippen LogP) is 3.77. The van der Waals surface area contributed by atoms with Crippen molar-refractivity contribution in [1.29, 1.82) is 0 Å². The van der Waals surface area contributed by atoms with Gasteiger partial charge in [0, 0.05) is 23.9 Å². The van der Waals surface area contributed by atoms with Crippen molar-refractivity contribution in [3.8, 4) is 0 Å². The van der Waals surface area contributed by atoms with Gasteiger partial charge in [0.2, 0.25) is 0 Å². The number of carbonyl (C=O) groups excluding carboxylic acids is 1. The third kappa shape index (κ3) is 3.34. The molecular weight excluding hydrogens is 324 g/mol. The van der Waals surface area contributed by atoms with Gasteiger partial charge in [-0.2, -0.15) is 5.10 Å². The van der Waals surface area contributed by atoms with Gasteiger partial charge in [-0.1, -0.05) is 31.2 Å². The first-order valence-electron chi connectivity index (χ1n) is 9.11. The number of carbonyl (C=O) groups is 1. The van der Waals surface area contributed by atoms with E-state index >= 15 is 0 Å². The van der Waals surface area contributed by atoms with E-state index < -0.39 is 0 Å². The minimum atomic E-state index is -0.118. The van der Waals surface area contributed by atoms with Gasteiger partial charge in [0.05, 0.1) is 6.20 Å². The molecule has 26 heavy (non-hydrogen) atoms. The quantitative estimate of drug-likeness (QED) is 0.762. The van der Waals surface area contributed by atoms with Crippen molar-refractivity contribution in [2.24, 2.45) is 0 Å². The minimum absolute atomic E-state index is 0.118. The highest BCUT2D eigenvalue weighted by Crippen LogP contribution is 2.21. The van der Waals surface area contributed by atoms with Crippen LogP contribution in [0, 0.1) is 20.8 Å². The maximum Gasteiger partial charge on any atom is 0.256 e. The average Bonchev–Trinajstić information content (AvgIpc) is 3.03. The molecule has 0 aliphatic heterocycles. The van der Waals surface area contributed by atoms with Crippen molar-refractivity contribution in [1.82, 2.24) is 19.9 Å². The van der Waals surface area contributed by atoms with Crippen LogP contribution >= 0.6 is 0 Å². The van der Waals surface area contributed by atoms with Gasteiger partial charge in [-0.25, -0.2) is 9.50 Å². The summed E-state index contributed by atoms with van der Waals surface area (Å²) in [5.74, 6) is -0.118. The number of nitrogens with zero attached hydrogens (tertiary/aromatic N) is 3. The molecule has 5 heteroatoms. The molecule has 0 fully saturated rings. The van der Waals surface area contributed by atoms with Crippen LogP contribution in [0.5, 0.6) is 0 Å². The largest absolute Gasteiger partial charge is 0.349 e. The highest BCUT2D eigenvalue weighted by molar-refractivity contribution is 5.99. The molecule has 2 heterocycles. The summed E-state index contributed by atoms with van der Waals surface area (Å²) in [6.07, 6.45) is 3.31. The third-order valence-corrected chi connectivity index (χ3v) is 5.07. The summed E-state index contributed by atoms with van der Waals surface area (Å²) in [5.41, 5.74) is 6.81. The molecule has 0 saturated carbocycles. The third-order valence-electron chi connectivity index (χ3n) is 5.07. The van der Waals surface area contributed by atoms with E-state index in [1.807, 2.05) is 27.7 Å². The number of hydrogen-bond donors (Lipinski definition) is 1. The molecule has 1 N–H and O–H groups in total. The van der Waals surface area contributed by atoms with E-state index in [2.05, 4.69) is 41.6 Å². The SMILES string of the molecule is CC[C@@H](C)NC(=O)c1cnn2c(C)c(Cc3ccccc3C)c(C)nc12. The number of hydrogen-bond acceptors (Lipinski definition) is 3. The zero-order valence-corrected chi connectivity index (χ0v) is 16.1. The van der Waals surface area contributed by atoms with Crippen LogP contribution in [0.2, 0.25) is 0 Å². The summed E-state index contributed by atoms with van der Waals surface area (Å²) in [4.78, 5) is 17.2. The van der Waals surface area contributed by atoms with Crippen molar-refractivity contribution in [3.63, 3.8) is 0 Å². The molecule has 0 aliphatic carbocycles. The molecule has 3 rings (SSSR count). The fourth-order valence-corrected chi connectivity index (χ4v) is 3.13. The van der Waals surface area contributed by atoms with Crippen LogP contribution in [0.4, 0.5) is 0 Å². The molecule has 0 spiro atoms. The Balaban J connectivity index is 2.02. The topological polar surface area (TPSA) is 59.3 Å². The Morgan fingerprint density at radius 2 is 1.96 bits per heavy atom. The summed E-state index contributed by atoms with van der Waals surface area (Å²) >= 11 is 0. The molecular formula is C21H26N4O. The Hall–Kier alpha value is -2.69. The van der Waals surface area contributed by atoms with E-state index in [4.69, 9.17) is 4.98 Å². The minimum Gasteiger partial charge on any atom is -0.349 e. The van der Waals surface area contributed by atoms with Crippen LogP contribution in [0.3, 0.4) is 0 Å². The highest BCUT2D eigenvalue weighted by atomic mass is 16.1. The van der Waals surface area contributed by atoms with Gasteiger partial charge in [0.25, 0.3) is 5.91 Å². The summed E-state index contributed by atoms with van der Waals surface area (Å²) in [7, 11) is 0. The molecule has 3 aromatic rings. The Bertz CT molecular complexity index is 958. The molecule has 0 aliphatic rings. The second-order valence-electron chi connectivity index (χ2n) is 6.94. The normalized spacial score (nSPS) is 12.3. The first kappa shape index (κ1) is 18.1. The Morgan fingerprint density at radius 3 is 2.65 bits per heavy atom. The number of nitrogens with one attached hydrogen (secondary N) is 1. The van der Waals surface area contributed by atoms with Crippen LogP contribution in [-0.4, -0.2) is 26.5 Å². The molecule has 1 amide bonds. The van der Waals surface area contributed by atoms with E-state index in [0.29, 0.717) is 11.2 Å². The lowest BCUT2D eigenvalue weighted by Gasteiger charge is -2.14. The van der Waals surface area contributed by atoms with Crippen LogP contribution in [0.25, 0.3) is 5.65 Å². The lowest BCUT2D eigenvalue weighted by atomic mass is 9.99. The van der Waals surface area contributed by atoms with Gasteiger partial charge < -0.3 is 5.32 Å². The van der Waals surface area contributed by atoms with Gasteiger partial charge in [-0.15, -0.1) is 0 Å². The lowest BCUT2D eigenvalue weighted by Crippen LogP contribution is -2.31. The number of aryl methyl sites for hydroxylation is 3. The van der Waals surface area contributed by atoms with Gasteiger partial charge in [0.1, 0.15) is 5.56 Å². The number of aromatic nitrogens is 3. The fourth-order valence-electron chi connectivity index (χ4n) is 3.13. The van der Waals surface area contributed by atoms with Crippen LogP contribution < -0.4 is 5.32 Å². The summed E-state index contributed by atoms with van der Waals surface area (Å²) in [6, 6.07) is 8.50. The van der Waals surface area contributed by atoms with E-state index in [1.54, 1.807) is 10.7 Å². The van der Waals surface area contributed by atoms with Crippen molar-refractivity contribution < 1.29 is 4.79 Å². The van der Waals surface area contributed by atoms with Crippen LogP contribution in [0.1, 0.15) is 58.7 Å². The zero-order valence-electron chi connectivity index (χ0n) is 16.1. The van der Waals surface area contributed by atoms with Crippen molar-refractivity contribution in [2.45, 2.75) is 53.5 Å². The van der Waals surface area contributed by atoms with E-state index in [9.17, 15) is 4.79 Å². The fraction of sp³-hybridized carbons (Fsp3) is 0.381. The lowest BCUT2D eigenvalue weighted by molar-refractivity contribution is 0.0940. The summed E-state index contributed by atoms with van der Waals surface area (Å²) in [6.45, 7) is 10.2. The Morgan fingerprint density at radius 1 is 1.23 bits per heavy atom.